The van der Waals surface area contributed by atoms with Gasteiger partial charge in [0.25, 0.3) is 0 Å². The van der Waals surface area contributed by atoms with Crippen molar-refractivity contribution < 1.29 is 9.53 Å². The number of aromatic nitrogens is 3. The molecular weight excluding hydrogens is 454 g/mol. The number of rotatable bonds is 9. The molecule has 0 aromatic carbocycles. The van der Waals surface area contributed by atoms with Crippen molar-refractivity contribution in [3.05, 3.63) is 24.0 Å². The van der Waals surface area contributed by atoms with Crippen LogP contribution in [-0.4, -0.2) is 87.4 Å². The predicted molar refractivity (Wildman–Crippen MR) is 144 cm³/mol. The van der Waals surface area contributed by atoms with Crippen LogP contribution in [0, 0.1) is 0 Å². The van der Waals surface area contributed by atoms with E-state index in [1.165, 1.54) is 6.42 Å². The van der Waals surface area contributed by atoms with E-state index in [1.807, 2.05) is 42.4 Å². The second-order valence-corrected chi connectivity index (χ2v) is 11.3. The Morgan fingerprint density at radius 2 is 1.86 bits per heavy atom. The molecule has 1 amide bonds. The van der Waals surface area contributed by atoms with E-state index in [0.29, 0.717) is 18.0 Å². The highest BCUT2D eigenvalue weighted by molar-refractivity contribution is 5.68. The van der Waals surface area contributed by atoms with Crippen LogP contribution in [0.5, 0.6) is 0 Å². The number of nitrogens with one attached hydrogen (secondary N) is 2. The molecule has 2 aromatic heterocycles. The molecule has 9 nitrogen and oxygen atoms in total. The number of carbonyl (C=O) groups is 1. The largest absolute Gasteiger partial charge is 0.444 e. The summed E-state index contributed by atoms with van der Waals surface area (Å²) < 4.78 is 7.44. The average Bonchev–Trinajstić information content (AvgIpc) is 3.49. The molecule has 3 heterocycles. The number of carbonyl (C=O) groups excluding carboxylic acids is 1. The number of hydrogen-bond donors (Lipinski definition) is 2. The molecule has 1 aliphatic carbocycles. The Labute approximate surface area is 216 Å². The fourth-order valence-electron chi connectivity index (χ4n) is 5.37. The van der Waals surface area contributed by atoms with E-state index in [-0.39, 0.29) is 6.09 Å². The lowest BCUT2D eigenvalue weighted by Crippen LogP contribution is -2.51. The van der Waals surface area contributed by atoms with Crippen LogP contribution in [0.15, 0.2) is 18.3 Å². The Bertz CT molecular complexity index is 990. The van der Waals surface area contributed by atoms with Crippen molar-refractivity contribution in [3.63, 3.8) is 0 Å². The summed E-state index contributed by atoms with van der Waals surface area (Å²) in [7, 11) is 0. The van der Waals surface area contributed by atoms with Crippen LogP contribution in [0.3, 0.4) is 0 Å². The van der Waals surface area contributed by atoms with Crippen molar-refractivity contribution in [2.45, 2.75) is 90.3 Å². The van der Waals surface area contributed by atoms with Gasteiger partial charge in [-0.25, -0.2) is 9.78 Å². The fraction of sp³-hybridized carbons (Fsp3) is 0.741. The Hall–Kier alpha value is -2.39. The number of hydrogen-bond acceptors (Lipinski definition) is 7. The number of fused-ring (bicyclic) bond motifs is 1. The summed E-state index contributed by atoms with van der Waals surface area (Å²) in [5, 5.41) is 12.0. The molecule has 0 spiro atoms. The third-order valence-electron chi connectivity index (χ3n) is 7.45. The van der Waals surface area contributed by atoms with Gasteiger partial charge in [0.1, 0.15) is 11.4 Å². The van der Waals surface area contributed by atoms with Gasteiger partial charge in [-0.2, -0.15) is 9.61 Å². The van der Waals surface area contributed by atoms with Gasteiger partial charge in [0, 0.05) is 75.1 Å². The van der Waals surface area contributed by atoms with Gasteiger partial charge in [0.2, 0.25) is 0 Å². The van der Waals surface area contributed by atoms with E-state index in [9.17, 15) is 4.79 Å². The third kappa shape index (κ3) is 6.88. The second kappa shape index (κ2) is 11.8. The van der Waals surface area contributed by atoms with Crippen molar-refractivity contribution >= 4 is 17.6 Å². The summed E-state index contributed by atoms with van der Waals surface area (Å²) in [4.78, 5) is 21.4. The summed E-state index contributed by atoms with van der Waals surface area (Å²) in [6.45, 7) is 15.5. The summed E-state index contributed by atoms with van der Waals surface area (Å²) >= 11 is 0. The maximum absolute atomic E-state index is 12.3. The first-order chi connectivity index (χ1) is 17.3. The van der Waals surface area contributed by atoms with Crippen LogP contribution in [0.4, 0.5) is 10.6 Å². The predicted octanol–water partition coefficient (Wildman–Crippen LogP) is 4.11. The molecule has 2 aromatic rings. The van der Waals surface area contributed by atoms with E-state index < -0.39 is 5.60 Å². The van der Waals surface area contributed by atoms with Crippen LogP contribution in [0.1, 0.15) is 78.3 Å². The van der Waals surface area contributed by atoms with Crippen molar-refractivity contribution in [2.75, 3.05) is 44.6 Å². The zero-order valence-corrected chi connectivity index (χ0v) is 22.8. The van der Waals surface area contributed by atoms with E-state index in [2.05, 4.69) is 40.5 Å². The molecule has 200 valence electrons. The second-order valence-electron chi connectivity index (χ2n) is 11.3. The molecule has 4 rings (SSSR count). The number of piperazine rings is 1. The molecule has 1 saturated heterocycles. The minimum atomic E-state index is -0.441. The van der Waals surface area contributed by atoms with Crippen LogP contribution >= 0.6 is 0 Å². The zero-order valence-electron chi connectivity index (χ0n) is 22.8. The van der Waals surface area contributed by atoms with Crippen molar-refractivity contribution in [1.29, 1.82) is 0 Å². The molecule has 0 radical (unpaired) electrons. The first-order valence-electron chi connectivity index (χ1n) is 13.8. The molecular formula is C27H45N7O2. The van der Waals surface area contributed by atoms with Gasteiger partial charge in [-0.15, -0.1) is 0 Å². The van der Waals surface area contributed by atoms with Gasteiger partial charge in [0.15, 0.2) is 5.65 Å². The van der Waals surface area contributed by atoms with Crippen LogP contribution < -0.4 is 10.6 Å². The maximum atomic E-state index is 12.3. The fourth-order valence-corrected chi connectivity index (χ4v) is 5.37. The lowest BCUT2D eigenvalue weighted by molar-refractivity contribution is 0.0146. The van der Waals surface area contributed by atoms with Gasteiger partial charge in [-0.05, 0) is 52.9 Å². The summed E-state index contributed by atoms with van der Waals surface area (Å²) in [5.41, 5.74) is 1.64. The lowest BCUT2D eigenvalue weighted by Gasteiger charge is -2.35. The highest BCUT2D eigenvalue weighted by Crippen LogP contribution is 2.27. The average molecular weight is 500 g/mol. The first-order valence-corrected chi connectivity index (χ1v) is 13.8. The Balaban J connectivity index is 1.21. The van der Waals surface area contributed by atoms with Crippen LogP contribution in [0.25, 0.3) is 5.65 Å². The van der Waals surface area contributed by atoms with Gasteiger partial charge >= 0.3 is 6.09 Å². The molecule has 2 aliphatic rings. The topological polar surface area (TPSA) is 87.0 Å². The molecule has 36 heavy (non-hydrogen) atoms. The summed E-state index contributed by atoms with van der Waals surface area (Å²) in [5.74, 6) is 1.54. The molecule has 1 aliphatic heterocycles. The highest BCUT2D eigenvalue weighted by atomic mass is 16.6. The van der Waals surface area contributed by atoms with Crippen molar-refractivity contribution in [2.24, 2.45) is 0 Å². The normalized spacial score (nSPS) is 21.4. The standard InChI is InChI=1S/C27H45N7O2/c1-6-20(7-2)23-19-25(34-24(31-23)10-11-29-34)30-22-9-8-21(18-22)28-12-13-32-14-16-33(17-15-32)26(35)36-27(3,4)5/h10-11,19-22,28,30H,6-9,12-18H2,1-5H3/t21-,22-/m0/s1. The van der Waals surface area contributed by atoms with E-state index in [4.69, 9.17) is 9.72 Å². The van der Waals surface area contributed by atoms with Gasteiger partial charge in [-0.1, -0.05) is 13.8 Å². The van der Waals surface area contributed by atoms with Crippen molar-refractivity contribution in [3.8, 4) is 0 Å². The molecule has 2 fully saturated rings. The summed E-state index contributed by atoms with van der Waals surface area (Å²) in [6.07, 6.45) is 7.26. The van der Waals surface area contributed by atoms with E-state index in [0.717, 1.165) is 82.1 Å². The van der Waals surface area contributed by atoms with Gasteiger partial charge < -0.3 is 20.3 Å². The smallest absolute Gasteiger partial charge is 0.410 e. The van der Waals surface area contributed by atoms with Crippen LogP contribution in [-0.2, 0) is 4.74 Å². The quantitative estimate of drug-likeness (QED) is 0.537. The molecule has 2 atom stereocenters. The number of nitrogens with zero attached hydrogens (tertiary/aromatic N) is 5. The minimum Gasteiger partial charge on any atom is -0.444 e. The Kier molecular flexibility index (Phi) is 8.72. The maximum Gasteiger partial charge on any atom is 0.410 e. The Morgan fingerprint density at radius 1 is 1.14 bits per heavy atom. The SMILES string of the molecule is CCC(CC)c1cc(N[C@H]2CC[C@H](NCCN3CCN(C(=O)OC(C)(C)C)CC3)C2)n2nccc2n1. The molecule has 2 N–H and O–H groups in total. The number of anilines is 1. The van der Waals surface area contributed by atoms with E-state index >= 15 is 0 Å². The summed E-state index contributed by atoms with van der Waals surface area (Å²) in [6, 6.07) is 5.15. The van der Waals surface area contributed by atoms with Crippen molar-refractivity contribution in [1.82, 2.24) is 29.7 Å². The lowest BCUT2D eigenvalue weighted by atomic mass is 9.99. The Morgan fingerprint density at radius 3 is 2.56 bits per heavy atom. The third-order valence-corrected chi connectivity index (χ3v) is 7.45. The number of ether oxygens (including phenoxy) is 1. The van der Waals surface area contributed by atoms with Gasteiger partial charge in [0.05, 0.1) is 6.20 Å². The number of amides is 1. The monoisotopic (exact) mass is 499 g/mol. The highest BCUT2D eigenvalue weighted by Gasteiger charge is 2.27. The molecule has 0 bridgehead atoms. The zero-order chi connectivity index (χ0) is 25.7. The van der Waals surface area contributed by atoms with Gasteiger partial charge in [-0.3, -0.25) is 4.90 Å². The van der Waals surface area contributed by atoms with Crippen LogP contribution in [0.2, 0.25) is 0 Å². The van der Waals surface area contributed by atoms with E-state index in [1.54, 1.807) is 0 Å². The first kappa shape index (κ1) is 26.7. The molecule has 0 unspecified atom stereocenters. The molecule has 1 saturated carbocycles. The molecule has 9 heteroatoms. The minimum absolute atomic E-state index is 0.196.